The summed E-state index contributed by atoms with van der Waals surface area (Å²) in [6.07, 6.45) is 9.29. The maximum atomic E-state index is 11.0. The summed E-state index contributed by atoms with van der Waals surface area (Å²) in [5.41, 5.74) is 1.04. The average molecular weight is 525 g/mol. The summed E-state index contributed by atoms with van der Waals surface area (Å²) >= 11 is -2.74. The number of unbranched alkanes of at least 4 members (excludes halogenated alkanes) is 3. The molecule has 1 fully saturated rings. The summed E-state index contributed by atoms with van der Waals surface area (Å²) in [5, 5.41) is 20.9. The van der Waals surface area contributed by atoms with Gasteiger partial charge in [-0.25, -0.2) is 0 Å². The topological polar surface area (TPSA) is 49.7 Å². The molecule has 30 heavy (non-hydrogen) atoms. The molecule has 2 rings (SSSR count). The van der Waals surface area contributed by atoms with E-state index in [0.29, 0.717) is 6.42 Å². The zero-order valence-corrected chi connectivity index (χ0v) is 22.6. The van der Waals surface area contributed by atoms with Crippen molar-refractivity contribution in [3.63, 3.8) is 0 Å². The summed E-state index contributed by atoms with van der Waals surface area (Å²) in [4.78, 5) is 0. The predicted octanol–water partition coefficient (Wildman–Crippen LogP) is 6.31. The first-order valence-corrected chi connectivity index (χ1v) is 20.2. The fourth-order valence-electron chi connectivity index (χ4n) is 6.03. The van der Waals surface area contributed by atoms with Gasteiger partial charge < -0.3 is 0 Å². The number of ether oxygens (including phenoxy) is 1. The summed E-state index contributed by atoms with van der Waals surface area (Å²) in [7, 11) is 0. The molecule has 0 saturated carbocycles. The normalized spacial score (nSPS) is 23.0. The van der Waals surface area contributed by atoms with E-state index >= 15 is 0 Å². The summed E-state index contributed by atoms with van der Waals surface area (Å²) in [6.45, 7) is 8.04. The van der Waals surface area contributed by atoms with Crippen LogP contribution in [-0.2, 0) is 4.74 Å². The Bertz CT molecular complexity index is 557. The standard InChI is InChI=1S/C14H19O3.3C4H9.Sn/c15-8-6-13(12-4-2-1-3-5-12)14(10-16)7-9-17-11-14;3*1-3-4-2;/h1-5,11,13,15-16H,6-10H2;3*1,3-4H2,2H3;/t13-,14-;;;;/m1..../s1. The van der Waals surface area contributed by atoms with Crippen LogP contribution < -0.4 is 0 Å². The number of aliphatic hydroxyl groups excluding tert-OH is 2. The molecule has 4 heteroatoms. The quantitative estimate of drug-likeness (QED) is 0.264. The molecule has 0 aliphatic carbocycles. The van der Waals surface area contributed by atoms with Crippen molar-refractivity contribution in [3.05, 3.63) is 35.9 Å². The Kier molecular flexibility index (Phi) is 11.7. The molecule has 1 aromatic carbocycles. The van der Waals surface area contributed by atoms with E-state index in [2.05, 4.69) is 51.1 Å². The molecule has 0 bridgehead atoms. The molecule has 172 valence electrons. The van der Waals surface area contributed by atoms with E-state index in [9.17, 15) is 10.2 Å². The molecule has 1 saturated heterocycles. The van der Waals surface area contributed by atoms with Crippen molar-refractivity contribution >= 4 is 18.4 Å². The summed E-state index contributed by atoms with van der Waals surface area (Å²) < 4.78 is 11.1. The van der Waals surface area contributed by atoms with Crippen LogP contribution in [0.2, 0.25) is 13.3 Å². The Hall–Kier alpha value is -0.101. The second kappa shape index (κ2) is 13.4. The Morgan fingerprint density at radius 3 is 2.00 bits per heavy atom. The van der Waals surface area contributed by atoms with E-state index < -0.39 is 18.4 Å². The number of benzene rings is 1. The van der Waals surface area contributed by atoms with Crippen molar-refractivity contribution in [2.24, 2.45) is 5.41 Å². The number of hydrogen-bond donors (Lipinski definition) is 2. The van der Waals surface area contributed by atoms with E-state index in [4.69, 9.17) is 4.74 Å². The third-order valence-corrected chi connectivity index (χ3v) is 24.5. The van der Waals surface area contributed by atoms with Gasteiger partial charge in [-0.15, -0.1) is 0 Å². The zero-order valence-electron chi connectivity index (χ0n) is 19.7. The fraction of sp³-hybridized carbons (Fsp3) is 0.769. The Morgan fingerprint density at radius 2 is 1.53 bits per heavy atom. The van der Waals surface area contributed by atoms with Crippen molar-refractivity contribution in [1.82, 2.24) is 0 Å². The molecule has 0 aromatic heterocycles. The van der Waals surface area contributed by atoms with Gasteiger partial charge in [0.2, 0.25) is 0 Å². The van der Waals surface area contributed by atoms with Gasteiger partial charge in [-0.1, -0.05) is 0 Å². The summed E-state index contributed by atoms with van der Waals surface area (Å²) in [5.74, 6) is 0.169. The van der Waals surface area contributed by atoms with Crippen molar-refractivity contribution in [2.45, 2.75) is 95.5 Å². The molecular weight excluding hydrogens is 479 g/mol. The predicted molar refractivity (Wildman–Crippen MR) is 130 cm³/mol. The molecule has 0 radical (unpaired) electrons. The van der Waals surface area contributed by atoms with E-state index in [1.165, 1.54) is 57.4 Å². The van der Waals surface area contributed by atoms with Crippen molar-refractivity contribution in [3.8, 4) is 0 Å². The Morgan fingerprint density at radius 1 is 0.967 bits per heavy atom. The van der Waals surface area contributed by atoms with Crippen LogP contribution in [0, 0.1) is 5.41 Å². The van der Waals surface area contributed by atoms with Crippen LogP contribution in [0.5, 0.6) is 0 Å². The van der Waals surface area contributed by atoms with Crippen LogP contribution in [0.4, 0.5) is 0 Å². The second-order valence-corrected chi connectivity index (χ2v) is 23.1. The number of hydrogen-bond acceptors (Lipinski definition) is 3. The molecule has 1 aliphatic heterocycles. The van der Waals surface area contributed by atoms with Crippen LogP contribution >= 0.6 is 0 Å². The van der Waals surface area contributed by atoms with Crippen molar-refractivity contribution in [2.75, 3.05) is 19.8 Å². The fourth-order valence-corrected chi connectivity index (χ4v) is 25.5. The zero-order chi connectivity index (χ0) is 21.9. The third kappa shape index (κ3) is 6.02. The molecular formula is C26H46O3Sn. The van der Waals surface area contributed by atoms with Gasteiger partial charge in [0.1, 0.15) is 0 Å². The van der Waals surface area contributed by atoms with Crippen molar-refractivity contribution < 1.29 is 14.9 Å². The molecule has 3 nitrogen and oxygen atoms in total. The SMILES string of the molecule is CCC[CH2][Sn]([CH2]CCC)([CH2]CCC)[C@H]1OCC[C@]1(CO)[C@H](CCO)c1ccccc1. The number of rotatable bonds is 15. The van der Waals surface area contributed by atoms with Gasteiger partial charge in [0.05, 0.1) is 0 Å². The molecule has 0 spiro atoms. The van der Waals surface area contributed by atoms with Gasteiger partial charge in [-0.2, -0.15) is 0 Å². The third-order valence-electron chi connectivity index (χ3n) is 7.62. The molecule has 1 aromatic rings. The van der Waals surface area contributed by atoms with E-state index in [1.807, 2.05) is 0 Å². The van der Waals surface area contributed by atoms with Gasteiger partial charge in [-0.3, -0.25) is 0 Å². The van der Waals surface area contributed by atoms with Crippen LogP contribution in [0.15, 0.2) is 30.3 Å². The average Bonchev–Trinajstić information content (AvgIpc) is 3.23. The molecule has 0 amide bonds. The minimum absolute atomic E-state index is 0.162. The van der Waals surface area contributed by atoms with Gasteiger partial charge in [0.25, 0.3) is 0 Å². The van der Waals surface area contributed by atoms with E-state index in [0.717, 1.165) is 13.0 Å². The molecule has 2 N–H and O–H groups in total. The summed E-state index contributed by atoms with van der Waals surface area (Å²) in [6, 6.07) is 10.6. The first-order chi connectivity index (χ1) is 14.6. The van der Waals surface area contributed by atoms with E-state index in [-0.39, 0.29) is 28.7 Å². The Labute approximate surface area is 189 Å². The molecule has 1 heterocycles. The Balaban J connectivity index is 2.52. The first-order valence-electron chi connectivity index (χ1n) is 12.5. The van der Waals surface area contributed by atoms with E-state index in [1.54, 1.807) is 0 Å². The minimum atomic E-state index is -2.74. The van der Waals surface area contributed by atoms with Gasteiger partial charge in [0.15, 0.2) is 0 Å². The van der Waals surface area contributed by atoms with Gasteiger partial charge >= 0.3 is 190 Å². The molecule has 0 unspecified atom stereocenters. The van der Waals surface area contributed by atoms with Crippen LogP contribution in [0.3, 0.4) is 0 Å². The molecule has 1 aliphatic rings. The monoisotopic (exact) mass is 526 g/mol. The van der Waals surface area contributed by atoms with Crippen LogP contribution in [0.1, 0.15) is 83.6 Å². The second-order valence-electron chi connectivity index (χ2n) is 9.54. The number of aliphatic hydroxyl groups is 2. The van der Waals surface area contributed by atoms with Gasteiger partial charge in [0, 0.05) is 0 Å². The van der Waals surface area contributed by atoms with Crippen LogP contribution in [0.25, 0.3) is 0 Å². The maximum absolute atomic E-state index is 11.0. The van der Waals surface area contributed by atoms with Gasteiger partial charge in [-0.05, 0) is 0 Å². The van der Waals surface area contributed by atoms with Crippen molar-refractivity contribution in [1.29, 1.82) is 0 Å². The first kappa shape index (κ1) is 26.2. The molecule has 3 atom stereocenters. The van der Waals surface area contributed by atoms with Crippen LogP contribution in [-0.4, -0.2) is 52.5 Å².